The fourth-order valence-corrected chi connectivity index (χ4v) is 1.30. The van der Waals surface area contributed by atoms with Gasteiger partial charge in [-0.05, 0) is 44.5 Å². The lowest BCUT2D eigenvalue weighted by Gasteiger charge is -2.09. The summed E-state index contributed by atoms with van der Waals surface area (Å²) in [6, 6.07) is 5.27. The number of aryl methyl sites for hydroxylation is 1. The summed E-state index contributed by atoms with van der Waals surface area (Å²) in [7, 11) is 0. The van der Waals surface area contributed by atoms with E-state index in [9.17, 15) is 9.90 Å². The molecule has 0 aromatic heterocycles. The van der Waals surface area contributed by atoms with Crippen LogP contribution < -0.4 is 5.32 Å². The van der Waals surface area contributed by atoms with Gasteiger partial charge in [-0.25, -0.2) is 0 Å². The Kier molecular flexibility index (Phi) is 3.50. The average molecular weight is 205 g/mol. The molecule has 0 atom stereocenters. The molecule has 0 heterocycles. The number of allylic oxidation sites excluding steroid dienone is 2. The molecule has 15 heavy (non-hydrogen) atoms. The maximum atomic E-state index is 10.8. The third-order valence-electron chi connectivity index (χ3n) is 1.90. The number of nitrogens with one attached hydrogen (secondary N) is 1. The van der Waals surface area contributed by atoms with E-state index < -0.39 is 0 Å². The van der Waals surface area contributed by atoms with E-state index in [4.69, 9.17) is 0 Å². The van der Waals surface area contributed by atoms with Crippen LogP contribution in [0.5, 0.6) is 5.75 Å². The zero-order valence-electron chi connectivity index (χ0n) is 9.16. The van der Waals surface area contributed by atoms with Gasteiger partial charge in [0.05, 0.1) is 5.69 Å². The highest BCUT2D eigenvalue weighted by Crippen LogP contribution is 2.24. The Morgan fingerprint density at radius 2 is 2.07 bits per heavy atom. The third kappa shape index (κ3) is 3.46. The Balaban J connectivity index is 2.89. The van der Waals surface area contributed by atoms with Gasteiger partial charge in [-0.15, -0.1) is 0 Å². The van der Waals surface area contributed by atoms with Crippen LogP contribution in [0.25, 0.3) is 0 Å². The van der Waals surface area contributed by atoms with Crippen molar-refractivity contribution < 1.29 is 9.90 Å². The smallest absolute Gasteiger partial charge is 0.154 e. The number of hydrogen-bond acceptors (Lipinski definition) is 3. The first-order valence-electron chi connectivity index (χ1n) is 4.74. The van der Waals surface area contributed by atoms with E-state index in [2.05, 4.69) is 5.32 Å². The highest BCUT2D eigenvalue weighted by Gasteiger charge is 2.01. The molecular weight excluding hydrogens is 190 g/mol. The molecule has 0 spiro atoms. The van der Waals surface area contributed by atoms with Crippen molar-refractivity contribution >= 4 is 11.5 Å². The van der Waals surface area contributed by atoms with E-state index in [0.717, 1.165) is 5.56 Å². The summed E-state index contributed by atoms with van der Waals surface area (Å²) in [5, 5.41) is 12.5. The van der Waals surface area contributed by atoms with Crippen molar-refractivity contribution in [1.82, 2.24) is 0 Å². The second kappa shape index (κ2) is 4.64. The summed E-state index contributed by atoms with van der Waals surface area (Å²) in [6.07, 6.45) is 1.49. The molecule has 1 aromatic rings. The van der Waals surface area contributed by atoms with Crippen LogP contribution in [0.1, 0.15) is 19.4 Å². The molecule has 0 radical (unpaired) electrons. The van der Waals surface area contributed by atoms with E-state index in [0.29, 0.717) is 11.4 Å². The first kappa shape index (κ1) is 11.3. The van der Waals surface area contributed by atoms with Crippen molar-refractivity contribution in [3.05, 3.63) is 35.5 Å². The normalized spacial score (nSPS) is 11.3. The molecule has 0 aliphatic carbocycles. The molecule has 1 aromatic carbocycles. The van der Waals surface area contributed by atoms with Crippen LogP contribution in [0.15, 0.2) is 30.0 Å². The van der Waals surface area contributed by atoms with Crippen LogP contribution in [0.2, 0.25) is 0 Å². The number of benzene rings is 1. The molecule has 0 saturated carbocycles. The predicted molar refractivity (Wildman–Crippen MR) is 60.9 cm³/mol. The largest absolute Gasteiger partial charge is 0.506 e. The standard InChI is InChI=1S/C12H15NO2/c1-8-4-5-12(15)11(6-8)13-9(2)7-10(3)14/h4-7,13,15H,1-3H3/b9-7+. The van der Waals surface area contributed by atoms with Crippen molar-refractivity contribution in [3.8, 4) is 5.75 Å². The number of phenols is 1. The third-order valence-corrected chi connectivity index (χ3v) is 1.90. The lowest BCUT2D eigenvalue weighted by molar-refractivity contribution is -0.112. The van der Waals surface area contributed by atoms with Crippen molar-refractivity contribution in [2.75, 3.05) is 5.32 Å². The first-order valence-corrected chi connectivity index (χ1v) is 4.74. The highest BCUT2D eigenvalue weighted by atomic mass is 16.3. The van der Waals surface area contributed by atoms with Gasteiger partial charge in [0.25, 0.3) is 0 Å². The van der Waals surface area contributed by atoms with Gasteiger partial charge in [-0.2, -0.15) is 0 Å². The number of rotatable bonds is 3. The minimum atomic E-state index is -0.0212. The van der Waals surface area contributed by atoms with Gasteiger partial charge in [0.1, 0.15) is 5.75 Å². The summed E-state index contributed by atoms with van der Waals surface area (Å²) >= 11 is 0. The van der Waals surface area contributed by atoms with Crippen molar-refractivity contribution in [2.45, 2.75) is 20.8 Å². The van der Waals surface area contributed by atoms with Gasteiger partial charge in [0.15, 0.2) is 5.78 Å². The lowest BCUT2D eigenvalue weighted by Crippen LogP contribution is -1.98. The van der Waals surface area contributed by atoms with E-state index >= 15 is 0 Å². The average Bonchev–Trinajstić information content (AvgIpc) is 2.10. The first-order chi connectivity index (χ1) is 6.99. The molecule has 0 aliphatic rings. The maximum Gasteiger partial charge on any atom is 0.154 e. The van der Waals surface area contributed by atoms with E-state index in [1.807, 2.05) is 19.1 Å². The monoisotopic (exact) mass is 205 g/mol. The van der Waals surface area contributed by atoms with Crippen LogP contribution in [-0.2, 0) is 4.79 Å². The van der Waals surface area contributed by atoms with Crippen LogP contribution in [-0.4, -0.2) is 10.9 Å². The SMILES string of the molecule is CC(=O)/C=C(\C)Nc1cc(C)ccc1O. The molecule has 0 amide bonds. The molecule has 0 saturated heterocycles. The summed E-state index contributed by atoms with van der Waals surface area (Å²) < 4.78 is 0. The Morgan fingerprint density at radius 1 is 1.40 bits per heavy atom. The predicted octanol–water partition coefficient (Wildman–Crippen LogP) is 2.61. The van der Waals surface area contributed by atoms with Gasteiger partial charge < -0.3 is 10.4 Å². The van der Waals surface area contributed by atoms with Gasteiger partial charge >= 0.3 is 0 Å². The fraction of sp³-hybridized carbons (Fsp3) is 0.250. The number of carbonyl (C=O) groups is 1. The van der Waals surface area contributed by atoms with Crippen LogP contribution in [0.3, 0.4) is 0 Å². The molecule has 0 unspecified atom stereocenters. The van der Waals surface area contributed by atoms with Crippen LogP contribution in [0, 0.1) is 6.92 Å². The Labute approximate surface area is 89.4 Å². The van der Waals surface area contributed by atoms with Gasteiger partial charge in [-0.3, -0.25) is 4.79 Å². The zero-order chi connectivity index (χ0) is 11.4. The minimum absolute atomic E-state index is 0.0212. The molecule has 3 heteroatoms. The summed E-state index contributed by atoms with van der Waals surface area (Å²) in [5.74, 6) is 0.157. The van der Waals surface area contributed by atoms with Gasteiger partial charge in [0.2, 0.25) is 0 Å². The molecule has 1 rings (SSSR count). The second-order valence-corrected chi connectivity index (χ2v) is 3.58. The van der Waals surface area contributed by atoms with Gasteiger partial charge in [0, 0.05) is 5.70 Å². The summed E-state index contributed by atoms with van der Waals surface area (Å²) in [4.78, 5) is 10.8. The molecular formula is C12H15NO2. The number of phenolic OH excluding ortho intramolecular Hbond substituents is 1. The number of aromatic hydroxyl groups is 1. The Bertz CT molecular complexity index is 408. The number of ketones is 1. The van der Waals surface area contributed by atoms with Gasteiger partial charge in [-0.1, -0.05) is 6.07 Å². The summed E-state index contributed by atoms with van der Waals surface area (Å²) in [5.41, 5.74) is 2.37. The van der Waals surface area contributed by atoms with Crippen molar-refractivity contribution in [1.29, 1.82) is 0 Å². The fourth-order valence-electron chi connectivity index (χ4n) is 1.30. The molecule has 0 fully saturated rings. The molecule has 80 valence electrons. The van der Waals surface area contributed by atoms with Crippen LogP contribution in [0.4, 0.5) is 5.69 Å². The Hall–Kier alpha value is -1.77. The van der Waals surface area contributed by atoms with E-state index in [1.165, 1.54) is 13.0 Å². The van der Waals surface area contributed by atoms with Crippen molar-refractivity contribution in [3.63, 3.8) is 0 Å². The summed E-state index contributed by atoms with van der Waals surface area (Å²) in [6.45, 7) is 5.21. The number of anilines is 1. The van der Waals surface area contributed by atoms with Crippen molar-refractivity contribution in [2.24, 2.45) is 0 Å². The Morgan fingerprint density at radius 3 is 2.67 bits per heavy atom. The van der Waals surface area contributed by atoms with Crippen LogP contribution >= 0.6 is 0 Å². The van der Waals surface area contributed by atoms with E-state index in [-0.39, 0.29) is 11.5 Å². The highest BCUT2D eigenvalue weighted by molar-refractivity contribution is 5.88. The molecule has 0 aliphatic heterocycles. The maximum absolute atomic E-state index is 10.8. The number of carbonyl (C=O) groups excluding carboxylic acids is 1. The van der Waals surface area contributed by atoms with E-state index in [1.54, 1.807) is 13.0 Å². The second-order valence-electron chi connectivity index (χ2n) is 3.58. The number of hydrogen-bond donors (Lipinski definition) is 2. The lowest BCUT2D eigenvalue weighted by atomic mass is 10.2. The molecule has 2 N–H and O–H groups in total. The topological polar surface area (TPSA) is 49.3 Å². The minimum Gasteiger partial charge on any atom is -0.506 e. The molecule has 3 nitrogen and oxygen atoms in total. The quantitative estimate of drug-likeness (QED) is 0.589. The molecule has 0 bridgehead atoms. The zero-order valence-corrected chi connectivity index (χ0v) is 9.16.